The van der Waals surface area contributed by atoms with Gasteiger partial charge in [-0.25, -0.2) is 8.42 Å². The summed E-state index contributed by atoms with van der Waals surface area (Å²) in [4.78, 5) is 29.3. The number of carbonyl (C=O) groups is 2. The molecule has 0 spiro atoms. The van der Waals surface area contributed by atoms with Crippen molar-refractivity contribution in [3.63, 3.8) is 0 Å². The Bertz CT molecular complexity index is 1550. The number of nitrogens with zero attached hydrogens (tertiary/aromatic N) is 2. The average molecular weight is 624 g/mol. The molecule has 0 aliphatic carbocycles. The first-order valence-electron chi connectivity index (χ1n) is 14.8. The number of nitrogens with one attached hydrogen (secondary N) is 1. The summed E-state index contributed by atoms with van der Waals surface area (Å²) in [6, 6.07) is 16.6. The van der Waals surface area contributed by atoms with E-state index in [-0.39, 0.29) is 29.1 Å². The van der Waals surface area contributed by atoms with Crippen molar-refractivity contribution in [1.82, 2.24) is 10.2 Å². The molecule has 0 unspecified atom stereocenters. The molecule has 0 aromatic heterocycles. The third-order valence-corrected chi connectivity index (χ3v) is 9.31. The van der Waals surface area contributed by atoms with Crippen LogP contribution in [0.25, 0.3) is 0 Å². The normalized spacial score (nSPS) is 12.6. The van der Waals surface area contributed by atoms with E-state index < -0.39 is 28.5 Å². The van der Waals surface area contributed by atoms with Crippen LogP contribution >= 0.6 is 0 Å². The second-order valence-corrected chi connectivity index (χ2v) is 13.0. The maximum Gasteiger partial charge on any atom is 0.264 e. The van der Waals surface area contributed by atoms with Gasteiger partial charge in [0.25, 0.3) is 10.0 Å². The summed E-state index contributed by atoms with van der Waals surface area (Å²) in [6.07, 6.45) is 1.09. The second-order valence-electron chi connectivity index (χ2n) is 11.1. The van der Waals surface area contributed by atoms with E-state index in [0.717, 1.165) is 33.0 Å². The van der Waals surface area contributed by atoms with Crippen LogP contribution in [0, 0.1) is 20.8 Å². The lowest BCUT2D eigenvalue weighted by atomic mass is 10.1. The summed E-state index contributed by atoms with van der Waals surface area (Å²) in [5.41, 5.74) is 3.89. The molecule has 3 aromatic carbocycles. The summed E-state index contributed by atoms with van der Waals surface area (Å²) in [5, 5.41) is 3.00. The molecule has 0 aliphatic heterocycles. The lowest BCUT2D eigenvalue weighted by Crippen LogP contribution is -2.53. The van der Waals surface area contributed by atoms with Gasteiger partial charge in [-0.15, -0.1) is 0 Å². The molecule has 2 amide bonds. The quantitative estimate of drug-likeness (QED) is 0.253. The molecule has 0 bridgehead atoms. The Hall–Kier alpha value is -4.05. The highest BCUT2D eigenvalue weighted by molar-refractivity contribution is 7.92. The maximum absolute atomic E-state index is 14.3. The average Bonchev–Trinajstić information content (AvgIpc) is 2.98. The lowest BCUT2D eigenvalue weighted by molar-refractivity contribution is -0.140. The van der Waals surface area contributed by atoms with Crippen molar-refractivity contribution in [2.45, 2.75) is 77.9 Å². The highest BCUT2D eigenvalue weighted by Crippen LogP contribution is 2.33. The predicted molar refractivity (Wildman–Crippen MR) is 174 cm³/mol. The lowest BCUT2D eigenvalue weighted by Gasteiger charge is -2.34. The Balaban J connectivity index is 2.14. The Kier molecular flexibility index (Phi) is 11.8. The summed E-state index contributed by atoms with van der Waals surface area (Å²) >= 11 is 0. The number of sulfonamides is 1. The minimum atomic E-state index is -4.28. The molecule has 0 aliphatic rings. The molecule has 3 rings (SSSR count). The van der Waals surface area contributed by atoms with Crippen molar-refractivity contribution in [1.29, 1.82) is 0 Å². The van der Waals surface area contributed by atoms with Crippen molar-refractivity contribution in [2.24, 2.45) is 0 Å². The van der Waals surface area contributed by atoms with Crippen molar-refractivity contribution in [2.75, 3.05) is 25.1 Å². The Labute approximate surface area is 262 Å². The largest absolute Gasteiger partial charge is 0.493 e. The van der Waals surface area contributed by atoms with Gasteiger partial charge in [0.05, 0.1) is 24.8 Å². The van der Waals surface area contributed by atoms with Crippen molar-refractivity contribution in [3.05, 3.63) is 82.9 Å². The number of amides is 2. The first kappa shape index (κ1) is 34.4. The monoisotopic (exact) mass is 623 g/mol. The number of rotatable bonds is 14. The van der Waals surface area contributed by atoms with Crippen LogP contribution in [0.5, 0.6) is 11.5 Å². The first-order valence-corrected chi connectivity index (χ1v) is 16.3. The fraction of sp³-hybridized carbons (Fsp3) is 0.412. The summed E-state index contributed by atoms with van der Waals surface area (Å²) in [6.45, 7) is 11.1. The zero-order valence-corrected chi connectivity index (χ0v) is 27.8. The second kappa shape index (κ2) is 15.1. The Morgan fingerprint density at radius 2 is 1.50 bits per heavy atom. The number of benzene rings is 3. The van der Waals surface area contributed by atoms with E-state index in [1.165, 1.54) is 37.3 Å². The summed E-state index contributed by atoms with van der Waals surface area (Å²) in [7, 11) is -1.38. The van der Waals surface area contributed by atoms with Crippen LogP contribution < -0.4 is 19.1 Å². The van der Waals surface area contributed by atoms with Crippen LogP contribution in [-0.4, -0.2) is 58.0 Å². The van der Waals surface area contributed by atoms with Crippen molar-refractivity contribution < 1.29 is 27.5 Å². The van der Waals surface area contributed by atoms with E-state index in [1.807, 2.05) is 71.9 Å². The molecule has 9 nitrogen and oxygen atoms in total. The number of carbonyl (C=O) groups excluding carboxylic acids is 2. The van der Waals surface area contributed by atoms with Crippen LogP contribution in [0.1, 0.15) is 55.9 Å². The molecule has 44 heavy (non-hydrogen) atoms. The number of aryl methyl sites for hydroxylation is 3. The van der Waals surface area contributed by atoms with Gasteiger partial charge in [-0.3, -0.25) is 13.9 Å². The van der Waals surface area contributed by atoms with Gasteiger partial charge in [-0.1, -0.05) is 49.7 Å². The molecular weight excluding hydrogens is 578 g/mol. The van der Waals surface area contributed by atoms with Gasteiger partial charge in [0.15, 0.2) is 11.5 Å². The molecule has 0 radical (unpaired) electrons. The molecule has 3 aromatic rings. The van der Waals surface area contributed by atoms with Gasteiger partial charge in [0.2, 0.25) is 11.8 Å². The number of anilines is 1. The molecule has 2 atom stereocenters. The SMILES string of the molecule is CC[C@H](C(=O)N[C@@H](C)CC)N(Cc1cccc(C)c1)C(=O)CN(c1cc(C)cc(C)c1)S(=O)(=O)c1ccc(OC)c(OC)c1. The van der Waals surface area contributed by atoms with Gasteiger partial charge in [0, 0.05) is 18.7 Å². The molecule has 10 heteroatoms. The van der Waals surface area contributed by atoms with E-state index >= 15 is 0 Å². The number of ether oxygens (including phenoxy) is 2. The van der Waals surface area contributed by atoms with Crippen LogP contribution in [0.15, 0.2) is 65.6 Å². The third-order valence-electron chi connectivity index (χ3n) is 7.54. The van der Waals surface area contributed by atoms with Crippen molar-refractivity contribution in [3.8, 4) is 11.5 Å². The highest BCUT2D eigenvalue weighted by atomic mass is 32.2. The van der Waals surface area contributed by atoms with E-state index in [1.54, 1.807) is 12.1 Å². The van der Waals surface area contributed by atoms with Gasteiger partial charge in [0.1, 0.15) is 12.6 Å². The smallest absolute Gasteiger partial charge is 0.264 e. The summed E-state index contributed by atoms with van der Waals surface area (Å²) < 4.78 is 40.4. The van der Waals surface area contributed by atoms with Gasteiger partial charge >= 0.3 is 0 Å². The van der Waals surface area contributed by atoms with Gasteiger partial charge in [-0.05, 0) is 81.5 Å². The molecule has 0 saturated carbocycles. The standard InChI is InChI=1S/C34H45N3O6S/c1-9-26(6)35-34(39)30(10-2)36(21-27-13-11-12-23(3)17-27)33(38)22-37(28-18-24(4)16-25(5)19-28)44(40,41)29-14-15-31(42-7)32(20-29)43-8/h11-20,26,30H,9-10,21-22H2,1-8H3,(H,35,39)/t26-,30+/m0/s1. The predicted octanol–water partition coefficient (Wildman–Crippen LogP) is 5.55. The Morgan fingerprint density at radius 3 is 2.07 bits per heavy atom. The minimum absolute atomic E-state index is 0.0612. The molecule has 0 fully saturated rings. The van der Waals surface area contributed by atoms with Gasteiger partial charge < -0.3 is 19.7 Å². The zero-order chi connectivity index (χ0) is 32.6. The van der Waals surface area contributed by atoms with Crippen LogP contribution in [0.2, 0.25) is 0 Å². The van der Waals surface area contributed by atoms with Crippen LogP contribution in [-0.2, 0) is 26.2 Å². The molecule has 238 valence electrons. The fourth-order valence-corrected chi connectivity index (χ4v) is 6.51. The first-order chi connectivity index (χ1) is 20.8. The van der Waals surface area contributed by atoms with E-state index in [0.29, 0.717) is 17.9 Å². The highest BCUT2D eigenvalue weighted by Gasteiger charge is 2.34. The molecule has 0 heterocycles. The topological polar surface area (TPSA) is 105 Å². The summed E-state index contributed by atoms with van der Waals surface area (Å²) in [5.74, 6) is -0.151. The maximum atomic E-state index is 14.3. The fourth-order valence-electron chi connectivity index (χ4n) is 5.10. The van der Waals surface area contributed by atoms with Crippen LogP contribution in [0.4, 0.5) is 5.69 Å². The van der Waals surface area contributed by atoms with Gasteiger partial charge in [-0.2, -0.15) is 0 Å². The Morgan fingerprint density at radius 1 is 0.841 bits per heavy atom. The van der Waals surface area contributed by atoms with E-state index in [4.69, 9.17) is 9.47 Å². The zero-order valence-electron chi connectivity index (χ0n) is 27.0. The van der Waals surface area contributed by atoms with E-state index in [2.05, 4.69) is 5.32 Å². The molecule has 0 saturated heterocycles. The van der Waals surface area contributed by atoms with Crippen LogP contribution in [0.3, 0.4) is 0 Å². The number of methoxy groups -OCH3 is 2. The minimum Gasteiger partial charge on any atom is -0.493 e. The third kappa shape index (κ3) is 8.31. The molecule has 1 N–H and O–H groups in total. The molecular formula is C34H45N3O6S. The van der Waals surface area contributed by atoms with E-state index in [9.17, 15) is 18.0 Å². The van der Waals surface area contributed by atoms with Crippen molar-refractivity contribution >= 4 is 27.5 Å². The number of hydrogen-bond donors (Lipinski definition) is 1. The number of hydrogen-bond acceptors (Lipinski definition) is 6.